The average molecular weight is 365 g/mol. The first kappa shape index (κ1) is 19.5. The quantitative estimate of drug-likeness (QED) is 0.324. The summed E-state index contributed by atoms with van der Waals surface area (Å²) >= 11 is 0. The van der Waals surface area contributed by atoms with Crippen LogP contribution in [0.25, 0.3) is 22.1 Å². The van der Waals surface area contributed by atoms with Crippen molar-refractivity contribution in [3.8, 4) is 16.9 Å². The highest BCUT2D eigenvalue weighted by Gasteiger charge is 2.06. The van der Waals surface area contributed by atoms with Gasteiger partial charge in [-0.1, -0.05) is 70.1 Å². The number of aryl methyl sites for hydroxylation is 1. The number of furan rings is 1. The van der Waals surface area contributed by atoms with Crippen LogP contribution in [0.15, 0.2) is 52.9 Å². The fourth-order valence-electron chi connectivity index (χ4n) is 3.62. The Morgan fingerprint density at radius 3 is 2.11 bits per heavy atom. The van der Waals surface area contributed by atoms with Gasteiger partial charge in [0.1, 0.15) is 17.1 Å². The van der Waals surface area contributed by atoms with E-state index >= 15 is 0 Å². The zero-order valence-electron chi connectivity index (χ0n) is 16.8. The molecule has 0 amide bonds. The van der Waals surface area contributed by atoms with Crippen LogP contribution in [0.3, 0.4) is 0 Å². The molecule has 0 saturated carbocycles. The molecule has 2 aromatic carbocycles. The topological polar surface area (TPSA) is 22.4 Å². The van der Waals surface area contributed by atoms with Crippen LogP contribution >= 0.6 is 0 Å². The highest BCUT2D eigenvalue weighted by Crippen LogP contribution is 2.28. The van der Waals surface area contributed by atoms with Gasteiger partial charge in [0.05, 0.1) is 7.11 Å². The lowest BCUT2D eigenvalue weighted by molar-refractivity contribution is 0.415. The first-order valence-corrected chi connectivity index (χ1v) is 10.5. The minimum atomic E-state index is 0.885. The van der Waals surface area contributed by atoms with Gasteiger partial charge in [-0.05, 0) is 47.9 Å². The van der Waals surface area contributed by atoms with E-state index in [1.54, 1.807) is 7.11 Å². The first-order chi connectivity index (χ1) is 13.3. The predicted octanol–water partition coefficient (Wildman–Crippen LogP) is 7.79. The summed E-state index contributed by atoms with van der Waals surface area (Å²) in [7, 11) is 1.69. The summed E-state index contributed by atoms with van der Waals surface area (Å²) in [5.74, 6) is 2.00. The minimum Gasteiger partial charge on any atom is -0.497 e. The third-order valence-electron chi connectivity index (χ3n) is 5.27. The Morgan fingerprint density at radius 1 is 0.741 bits per heavy atom. The van der Waals surface area contributed by atoms with Gasteiger partial charge in [-0.15, -0.1) is 0 Å². The molecule has 3 rings (SSSR count). The molecule has 0 atom stereocenters. The molecule has 0 saturated heterocycles. The van der Waals surface area contributed by atoms with Crippen LogP contribution in [0.5, 0.6) is 5.75 Å². The van der Waals surface area contributed by atoms with Crippen molar-refractivity contribution in [2.75, 3.05) is 7.11 Å². The molecule has 0 N–H and O–H groups in total. The number of ether oxygens (including phenoxy) is 1. The molecule has 1 aromatic heterocycles. The monoisotopic (exact) mass is 364 g/mol. The summed E-state index contributed by atoms with van der Waals surface area (Å²) in [6, 6.07) is 16.9. The standard InChI is InChI=1S/C25H32O2/c1-3-4-5-6-7-8-9-10-11-24-19-22-18-21(14-17-25(22)27-24)20-12-15-23(26-2)16-13-20/h12-19H,3-11H2,1-2H3. The van der Waals surface area contributed by atoms with Crippen molar-refractivity contribution in [2.24, 2.45) is 0 Å². The van der Waals surface area contributed by atoms with Crippen LogP contribution in [-0.4, -0.2) is 7.11 Å². The second-order valence-electron chi connectivity index (χ2n) is 7.42. The van der Waals surface area contributed by atoms with Crippen LogP contribution < -0.4 is 4.74 Å². The van der Waals surface area contributed by atoms with E-state index in [-0.39, 0.29) is 0 Å². The van der Waals surface area contributed by atoms with E-state index in [1.807, 2.05) is 12.1 Å². The van der Waals surface area contributed by atoms with Gasteiger partial charge in [0.2, 0.25) is 0 Å². The van der Waals surface area contributed by atoms with Gasteiger partial charge in [0, 0.05) is 11.8 Å². The lowest BCUT2D eigenvalue weighted by atomic mass is 10.0. The van der Waals surface area contributed by atoms with E-state index in [1.165, 1.54) is 67.9 Å². The van der Waals surface area contributed by atoms with Gasteiger partial charge in [-0.3, -0.25) is 0 Å². The molecule has 1 heterocycles. The molecule has 144 valence electrons. The Balaban J connectivity index is 1.53. The van der Waals surface area contributed by atoms with Gasteiger partial charge in [-0.25, -0.2) is 0 Å². The van der Waals surface area contributed by atoms with Crippen molar-refractivity contribution in [2.45, 2.75) is 64.7 Å². The lowest BCUT2D eigenvalue weighted by Crippen LogP contribution is -1.84. The zero-order chi connectivity index (χ0) is 18.9. The second-order valence-corrected chi connectivity index (χ2v) is 7.42. The minimum absolute atomic E-state index is 0.885. The van der Waals surface area contributed by atoms with E-state index in [4.69, 9.17) is 9.15 Å². The molecule has 2 heteroatoms. The normalized spacial score (nSPS) is 11.2. The lowest BCUT2D eigenvalue weighted by Gasteiger charge is -2.03. The summed E-state index contributed by atoms with van der Waals surface area (Å²) in [6.45, 7) is 2.27. The van der Waals surface area contributed by atoms with E-state index in [9.17, 15) is 0 Å². The Bertz CT molecular complexity index is 814. The largest absolute Gasteiger partial charge is 0.497 e. The number of benzene rings is 2. The van der Waals surface area contributed by atoms with Gasteiger partial charge >= 0.3 is 0 Å². The van der Waals surface area contributed by atoms with Gasteiger partial charge in [0.15, 0.2) is 0 Å². The third-order valence-corrected chi connectivity index (χ3v) is 5.27. The molecule has 3 aromatic rings. The summed E-state index contributed by atoms with van der Waals surface area (Å²) in [5.41, 5.74) is 3.40. The maximum Gasteiger partial charge on any atom is 0.134 e. The van der Waals surface area contributed by atoms with Gasteiger partial charge in [0.25, 0.3) is 0 Å². The second kappa shape index (κ2) is 10.2. The van der Waals surface area contributed by atoms with Crippen LogP contribution in [0.4, 0.5) is 0 Å². The molecule has 0 unspecified atom stereocenters. The van der Waals surface area contributed by atoms with Crippen molar-refractivity contribution in [3.63, 3.8) is 0 Å². The van der Waals surface area contributed by atoms with E-state index in [0.717, 1.165) is 23.5 Å². The summed E-state index contributed by atoms with van der Waals surface area (Å²) in [4.78, 5) is 0. The van der Waals surface area contributed by atoms with E-state index < -0.39 is 0 Å². The fraction of sp³-hybridized carbons (Fsp3) is 0.440. The Kier molecular flexibility index (Phi) is 7.38. The molecule has 2 nitrogen and oxygen atoms in total. The number of fused-ring (bicyclic) bond motifs is 1. The van der Waals surface area contributed by atoms with Crippen LogP contribution in [0.1, 0.15) is 64.1 Å². The number of hydrogen-bond donors (Lipinski definition) is 0. The van der Waals surface area contributed by atoms with Crippen molar-refractivity contribution >= 4 is 11.0 Å². The van der Waals surface area contributed by atoms with Crippen molar-refractivity contribution in [1.29, 1.82) is 0 Å². The maximum absolute atomic E-state index is 6.04. The smallest absolute Gasteiger partial charge is 0.134 e. The Morgan fingerprint density at radius 2 is 1.41 bits per heavy atom. The fourth-order valence-corrected chi connectivity index (χ4v) is 3.62. The van der Waals surface area contributed by atoms with E-state index in [0.29, 0.717) is 0 Å². The van der Waals surface area contributed by atoms with Crippen molar-refractivity contribution in [3.05, 3.63) is 54.3 Å². The molecule has 0 aliphatic heterocycles. The molecular formula is C25H32O2. The van der Waals surface area contributed by atoms with Crippen LogP contribution in [-0.2, 0) is 6.42 Å². The highest BCUT2D eigenvalue weighted by molar-refractivity contribution is 5.84. The highest BCUT2D eigenvalue weighted by atomic mass is 16.5. The maximum atomic E-state index is 6.04. The number of methoxy groups -OCH3 is 1. The number of hydrogen-bond acceptors (Lipinski definition) is 2. The Hall–Kier alpha value is -2.22. The molecule has 0 bridgehead atoms. The average Bonchev–Trinajstić information content (AvgIpc) is 3.12. The van der Waals surface area contributed by atoms with Crippen molar-refractivity contribution in [1.82, 2.24) is 0 Å². The zero-order valence-corrected chi connectivity index (χ0v) is 16.8. The molecule has 0 radical (unpaired) electrons. The SMILES string of the molecule is CCCCCCCCCCc1cc2cc(-c3ccc(OC)cc3)ccc2o1. The summed E-state index contributed by atoms with van der Waals surface area (Å²) in [6.07, 6.45) is 11.8. The molecule has 0 fully saturated rings. The molecule has 0 aliphatic carbocycles. The van der Waals surface area contributed by atoms with Gasteiger partial charge < -0.3 is 9.15 Å². The molecule has 0 aliphatic rings. The van der Waals surface area contributed by atoms with Gasteiger partial charge in [-0.2, -0.15) is 0 Å². The number of rotatable bonds is 11. The van der Waals surface area contributed by atoms with Crippen LogP contribution in [0.2, 0.25) is 0 Å². The molecular weight excluding hydrogens is 332 g/mol. The molecule has 0 spiro atoms. The van der Waals surface area contributed by atoms with E-state index in [2.05, 4.69) is 43.3 Å². The van der Waals surface area contributed by atoms with Crippen LogP contribution in [0, 0.1) is 0 Å². The first-order valence-electron chi connectivity index (χ1n) is 10.5. The summed E-state index contributed by atoms with van der Waals surface area (Å²) < 4.78 is 11.3. The Labute approximate surface area is 163 Å². The van der Waals surface area contributed by atoms with Crippen molar-refractivity contribution < 1.29 is 9.15 Å². The third kappa shape index (κ3) is 5.63. The predicted molar refractivity (Wildman–Crippen MR) is 115 cm³/mol. The molecule has 27 heavy (non-hydrogen) atoms. The number of unbranched alkanes of at least 4 members (excludes halogenated alkanes) is 7. The summed E-state index contributed by atoms with van der Waals surface area (Å²) in [5, 5.41) is 1.19.